The van der Waals surface area contributed by atoms with Crippen LogP contribution in [-0.2, 0) is 6.42 Å². The van der Waals surface area contributed by atoms with E-state index in [0.717, 1.165) is 10.4 Å². The van der Waals surface area contributed by atoms with Crippen molar-refractivity contribution in [2.45, 2.75) is 12.5 Å². The topological polar surface area (TPSA) is 33.1 Å². The third kappa shape index (κ3) is 2.19. The lowest BCUT2D eigenvalue weighted by molar-refractivity contribution is 0.182. The van der Waals surface area contributed by atoms with Gasteiger partial charge >= 0.3 is 0 Å². The number of rotatable bonds is 3. The largest absolute Gasteiger partial charge is 0.387 e. The van der Waals surface area contributed by atoms with Crippen molar-refractivity contribution in [1.82, 2.24) is 4.98 Å². The molecule has 1 heterocycles. The fraction of sp³-hybridized carbons (Fsp3) is 0.182. The lowest BCUT2D eigenvalue weighted by atomic mass is 10.1. The third-order valence-corrected chi connectivity index (χ3v) is 2.93. The lowest BCUT2D eigenvalue weighted by Gasteiger charge is -2.07. The van der Waals surface area contributed by atoms with Crippen LogP contribution in [-0.4, -0.2) is 10.1 Å². The molecule has 0 saturated heterocycles. The Morgan fingerprint density at radius 3 is 2.71 bits per heavy atom. The van der Waals surface area contributed by atoms with Crippen LogP contribution >= 0.6 is 11.3 Å². The van der Waals surface area contributed by atoms with Gasteiger partial charge in [-0.2, -0.15) is 0 Å². The third-order valence-electron chi connectivity index (χ3n) is 2.05. The van der Waals surface area contributed by atoms with Crippen LogP contribution in [0.5, 0.6) is 0 Å². The van der Waals surface area contributed by atoms with Crippen LogP contribution in [0.3, 0.4) is 0 Å². The van der Waals surface area contributed by atoms with Crippen LogP contribution in [0.15, 0.2) is 42.0 Å². The lowest BCUT2D eigenvalue weighted by Crippen LogP contribution is -1.99. The highest BCUT2D eigenvalue weighted by Gasteiger charge is 2.09. The van der Waals surface area contributed by atoms with Crippen molar-refractivity contribution in [3.05, 3.63) is 52.5 Å². The molecule has 1 N–H and O–H groups in total. The van der Waals surface area contributed by atoms with Crippen molar-refractivity contribution < 1.29 is 5.11 Å². The predicted molar refractivity (Wildman–Crippen MR) is 57.2 cm³/mol. The summed E-state index contributed by atoms with van der Waals surface area (Å²) in [7, 11) is 0. The number of aliphatic hydroxyl groups excluding tert-OH is 1. The predicted octanol–water partition coefficient (Wildman–Crippen LogP) is 2.42. The van der Waals surface area contributed by atoms with Crippen molar-refractivity contribution >= 4 is 11.3 Å². The summed E-state index contributed by atoms with van der Waals surface area (Å²) in [6, 6.07) is 9.97. The van der Waals surface area contributed by atoms with E-state index in [2.05, 4.69) is 4.98 Å². The van der Waals surface area contributed by atoms with Gasteiger partial charge in [0.15, 0.2) is 0 Å². The van der Waals surface area contributed by atoms with Crippen LogP contribution in [0.2, 0.25) is 0 Å². The van der Waals surface area contributed by atoms with Gasteiger partial charge in [-0.1, -0.05) is 30.3 Å². The van der Waals surface area contributed by atoms with Gasteiger partial charge in [-0.3, -0.25) is 4.98 Å². The fourth-order valence-corrected chi connectivity index (χ4v) is 1.93. The van der Waals surface area contributed by atoms with E-state index in [1.54, 1.807) is 11.7 Å². The first-order chi connectivity index (χ1) is 6.86. The Balaban J connectivity index is 2.06. The minimum Gasteiger partial charge on any atom is -0.387 e. The quantitative estimate of drug-likeness (QED) is 0.834. The zero-order chi connectivity index (χ0) is 9.80. The number of hydrogen-bond donors (Lipinski definition) is 1. The summed E-state index contributed by atoms with van der Waals surface area (Å²) < 4.78 is 0. The smallest absolute Gasteiger partial charge is 0.0938 e. The molecule has 1 atom stereocenters. The molecule has 2 aromatic rings. The summed E-state index contributed by atoms with van der Waals surface area (Å²) in [5, 5.41) is 9.83. The molecule has 2 nitrogen and oxygen atoms in total. The molecule has 14 heavy (non-hydrogen) atoms. The van der Waals surface area contributed by atoms with Gasteiger partial charge in [-0.15, -0.1) is 11.3 Å². The summed E-state index contributed by atoms with van der Waals surface area (Å²) in [6.45, 7) is 0. The zero-order valence-corrected chi connectivity index (χ0v) is 8.45. The Morgan fingerprint density at radius 2 is 2.07 bits per heavy atom. The Bertz CT molecular complexity index is 371. The number of aromatic nitrogens is 1. The first-order valence-electron chi connectivity index (χ1n) is 4.46. The molecular formula is C11H11NOS. The molecule has 1 unspecified atom stereocenters. The zero-order valence-electron chi connectivity index (χ0n) is 7.63. The molecule has 1 aromatic heterocycles. The van der Waals surface area contributed by atoms with Crippen molar-refractivity contribution in [1.29, 1.82) is 0 Å². The van der Waals surface area contributed by atoms with Crippen LogP contribution in [0.4, 0.5) is 0 Å². The molecule has 0 spiro atoms. The number of aliphatic hydroxyl groups is 1. The monoisotopic (exact) mass is 205 g/mol. The number of nitrogens with zero attached hydrogens (tertiary/aromatic N) is 1. The molecule has 72 valence electrons. The molecule has 2 rings (SSSR count). The minimum absolute atomic E-state index is 0.426. The van der Waals surface area contributed by atoms with Gasteiger partial charge in [-0.05, 0) is 5.56 Å². The van der Waals surface area contributed by atoms with E-state index in [1.165, 1.54) is 11.3 Å². The summed E-state index contributed by atoms with van der Waals surface area (Å²) in [5.41, 5.74) is 2.89. The van der Waals surface area contributed by atoms with Crippen molar-refractivity contribution in [3.63, 3.8) is 0 Å². The normalized spacial score (nSPS) is 12.6. The average molecular weight is 205 g/mol. The van der Waals surface area contributed by atoms with Crippen LogP contribution in [0.1, 0.15) is 16.5 Å². The second kappa shape index (κ2) is 4.35. The number of thiazole rings is 1. The van der Waals surface area contributed by atoms with Gasteiger partial charge in [0, 0.05) is 12.6 Å². The van der Waals surface area contributed by atoms with E-state index in [0.29, 0.717) is 6.42 Å². The van der Waals surface area contributed by atoms with Crippen molar-refractivity contribution in [3.8, 4) is 0 Å². The summed E-state index contributed by atoms with van der Waals surface area (Å²) in [4.78, 5) is 4.87. The SMILES string of the molecule is OC(Cc1ccccc1)c1cncs1. The molecule has 0 aliphatic heterocycles. The maximum Gasteiger partial charge on any atom is 0.0938 e. The summed E-state index contributed by atoms with van der Waals surface area (Å²) >= 11 is 1.49. The van der Waals surface area contributed by atoms with Gasteiger partial charge in [-0.25, -0.2) is 0 Å². The summed E-state index contributed by atoms with van der Waals surface area (Å²) in [6.07, 6.45) is 1.95. The highest BCUT2D eigenvalue weighted by Crippen LogP contribution is 2.20. The van der Waals surface area contributed by atoms with Crippen LogP contribution in [0.25, 0.3) is 0 Å². The molecule has 0 fully saturated rings. The van der Waals surface area contributed by atoms with Gasteiger partial charge in [0.05, 0.1) is 16.5 Å². The van der Waals surface area contributed by atoms with E-state index < -0.39 is 6.10 Å². The van der Waals surface area contributed by atoms with Gasteiger partial charge in [0.25, 0.3) is 0 Å². The van der Waals surface area contributed by atoms with Gasteiger partial charge in [0.1, 0.15) is 0 Å². The Kier molecular flexibility index (Phi) is 2.91. The van der Waals surface area contributed by atoms with Crippen LogP contribution < -0.4 is 0 Å². The summed E-state index contributed by atoms with van der Waals surface area (Å²) in [5.74, 6) is 0. The molecule has 0 radical (unpaired) electrons. The van der Waals surface area contributed by atoms with E-state index in [4.69, 9.17) is 0 Å². The van der Waals surface area contributed by atoms with E-state index in [9.17, 15) is 5.11 Å². The average Bonchev–Trinajstić information content (AvgIpc) is 2.72. The Morgan fingerprint density at radius 1 is 1.29 bits per heavy atom. The minimum atomic E-state index is -0.426. The second-order valence-electron chi connectivity index (χ2n) is 3.11. The van der Waals surface area contributed by atoms with Crippen molar-refractivity contribution in [2.24, 2.45) is 0 Å². The molecule has 0 aliphatic rings. The number of hydrogen-bond acceptors (Lipinski definition) is 3. The first kappa shape index (κ1) is 9.37. The second-order valence-corrected chi connectivity index (χ2v) is 4.03. The molecule has 0 amide bonds. The molecule has 3 heteroatoms. The maximum absolute atomic E-state index is 9.83. The highest BCUT2D eigenvalue weighted by atomic mass is 32.1. The molecule has 1 aromatic carbocycles. The number of benzene rings is 1. The Hall–Kier alpha value is -1.19. The standard InChI is InChI=1S/C11H11NOS/c13-10(11-7-12-8-14-11)6-9-4-2-1-3-5-9/h1-5,7-8,10,13H,6H2. The van der Waals surface area contributed by atoms with Gasteiger partial charge < -0.3 is 5.11 Å². The molecular weight excluding hydrogens is 194 g/mol. The van der Waals surface area contributed by atoms with E-state index in [-0.39, 0.29) is 0 Å². The van der Waals surface area contributed by atoms with Gasteiger partial charge in [0.2, 0.25) is 0 Å². The first-order valence-corrected chi connectivity index (χ1v) is 5.34. The fourth-order valence-electron chi connectivity index (χ4n) is 1.33. The van der Waals surface area contributed by atoms with Crippen LogP contribution in [0, 0.1) is 0 Å². The Labute approximate surface area is 86.9 Å². The molecule has 0 bridgehead atoms. The molecule has 0 aliphatic carbocycles. The molecule has 0 saturated carbocycles. The van der Waals surface area contributed by atoms with E-state index >= 15 is 0 Å². The highest BCUT2D eigenvalue weighted by molar-refractivity contribution is 7.09. The van der Waals surface area contributed by atoms with E-state index in [1.807, 2.05) is 30.3 Å². The maximum atomic E-state index is 9.83. The van der Waals surface area contributed by atoms with Crippen molar-refractivity contribution in [2.75, 3.05) is 0 Å².